The molecule has 3 heterocycles. The molecule has 0 radical (unpaired) electrons. The van der Waals surface area contributed by atoms with E-state index < -0.39 is 0 Å². The lowest BCUT2D eigenvalue weighted by atomic mass is 9.99. The molecule has 3 rings (SSSR count). The largest absolute Gasteiger partial charge is 0.351 e. The lowest BCUT2D eigenvalue weighted by Crippen LogP contribution is -2.54. The number of nitrogens with one attached hydrogen (secondary N) is 1. The number of nitrogens with zero attached hydrogens (tertiary/aromatic N) is 6. The Hall–Kier alpha value is -2.19. The van der Waals surface area contributed by atoms with Crippen molar-refractivity contribution in [2.45, 2.75) is 51.6 Å². The van der Waals surface area contributed by atoms with Crippen LogP contribution in [0.3, 0.4) is 0 Å². The van der Waals surface area contributed by atoms with E-state index in [1.807, 2.05) is 20.9 Å². The zero-order valence-electron chi connectivity index (χ0n) is 15.2. The minimum atomic E-state index is -0.365. The monoisotopic (exact) mass is 349 g/mol. The third-order valence-electron chi connectivity index (χ3n) is 5.07. The molecule has 138 valence electrons. The number of amides is 2. The minimum Gasteiger partial charge on any atom is -0.351 e. The van der Waals surface area contributed by atoms with Crippen LogP contribution in [-0.4, -0.2) is 68.6 Å². The quantitative estimate of drug-likeness (QED) is 0.800. The van der Waals surface area contributed by atoms with Crippen LogP contribution in [0.4, 0.5) is 5.95 Å². The molecule has 0 aromatic carbocycles. The van der Waals surface area contributed by atoms with Crippen molar-refractivity contribution in [2.75, 3.05) is 24.5 Å². The fourth-order valence-corrected chi connectivity index (χ4v) is 3.77. The third kappa shape index (κ3) is 3.74. The Morgan fingerprint density at radius 3 is 2.48 bits per heavy atom. The average molecular weight is 349 g/mol. The predicted molar refractivity (Wildman–Crippen MR) is 91.7 cm³/mol. The topological polar surface area (TPSA) is 96.2 Å². The van der Waals surface area contributed by atoms with Crippen molar-refractivity contribution < 1.29 is 9.59 Å². The molecule has 2 aliphatic rings. The molecule has 1 aromatic heterocycles. The van der Waals surface area contributed by atoms with Crippen LogP contribution >= 0.6 is 0 Å². The molecule has 2 amide bonds. The van der Waals surface area contributed by atoms with E-state index in [-0.39, 0.29) is 29.8 Å². The van der Waals surface area contributed by atoms with Gasteiger partial charge in [-0.25, -0.2) is 4.68 Å². The van der Waals surface area contributed by atoms with Crippen LogP contribution in [0.2, 0.25) is 0 Å². The number of rotatable bonds is 5. The summed E-state index contributed by atoms with van der Waals surface area (Å²) >= 11 is 0. The highest BCUT2D eigenvalue weighted by Gasteiger charge is 2.36. The van der Waals surface area contributed by atoms with Crippen molar-refractivity contribution in [3.8, 4) is 0 Å². The molecule has 25 heavy (non-hydrogen) atoms. The van der Waals surface area contributed by atoms with Crippen LogP contribution in [0.5, 0.6) is 0 Å². The Morgan fingerprint density at radius 1 is 1.24 bits per heavy atom. The normalized spacial score (nSPS) is 20.4. The molecule has 2 fully saturated rings. The first-order valence-corrected chi connectivity index (χ1v) is 9.04. The van der Waals surface area contributed by atoms with E-state index in [4.69, 9.17) is 0 Å². The van der Waals surface area contributed by atoms with Gasteiger partial charge in [0.25, 0.3) is 0 Å². The number of aryl methyl sites for hydroxylation is 1. The van der Waals surface area contributed by atoms with Gasteiger partial charge in [-0.1, -0.05) is 18.9 Å². The summed E-state index contributed by atoms with van der Waals surface area (Å²) in [5.74, 6) is 0.932. The van der Waals surface area contributed by atoms with Crippen LogP contribution in [0.25, 0.3) is 0 Å². The van der Waals surface area contributed by atoms with Crippen molar-refractivity contribution in [1.82, 2.24) is 30.4 Å². The summed E-state index contributed by atoms with van der Waals surface area (Å²) in [6.07, 6.45) is 3.09. The van der Waals surface area contributed by atoms with E-state index in [1.54, 1.807) is 9.58 Å². The Bertz CT molecular complexity index is 622. The van der Waals surface area contributed by atoms with Gasteiger partial charge in [0.2, 0.25) is 17.8 Å². The second kappa shape index (κ2) is 7.37. The van der Waals surface area contributed by atoms with Gasteiger partial charge < -0.3 is 15.1 Å². The first-order valence-electron chi connectivity index (χ1n) is 9.04. The molecule has 0 bridgehead atoms. The summed E-state index contributed by atoms with van der Waals surface area (Å²) in [4.78, 5) is 28.7. The number of piperidine rings is 1. The first kappa shape index (κ1) is 17.6. The van der Waals surface area contributed by atoms with E-state index in [0.29, 0.717) is 13.0 Å². The summed E-state index contributed by atoms with van der Waals surface area (Å²) in [6, 6.07) is -0.236. The molecule has 9 heteroatoms. The molecule has 1 aromatic rings. The fourth-order valence-electron chi connectivity index (χ4n) is 3.77. The standard InChI is InChI=1S/C16H27N7O2/c1-11(2)14(23-8-4-5-13(23)24)15(25)17-12-6-9-22(10-7-12)16-18-19-20-21(16)3/h11-12,14H,4-10H2,1-3H3,(H,17,25)/t14-/m0/s1. The second-order valence-corrected chi connectivity index (χ2v) is 7.25. The van der Waals surface area contributed by atoms with Crippen LogP contribution in [0.1, 0.15) is 39.5 Å². The lowest BCUT2D eigenvalue weighted by molar-refractivity contribution is -0.139. The molecule has 0 spiro atoms. The molecular weight excluding hydrogens is 322 g/mol. The number of hydrogen-bond donors (Lipinski definition) is 1. The summed E-state index contributed by atoms with van der Waals surface area (Å²) < 4.78 is 1.66. The smallest absolute Gasteiger partial charge is 0.245 e. The lowest BCUT2D eigenvalue weighted by Gasteiger charge is -2.35. The van der Waals surface area contributed by atoms with E-state index in [0.717, 1.165) is 38.3 Å². The second-order valence-electron chi connectivity index (χ2n) is 7.25. The predicted octanol–water partition coefficient (Wildman–Crippen LogP) is -0.0579. The van der Waals surface area contributed by atoms with E-state index in [1.165, 1.54) is 0 Å². The van der Waals surface area contributed by atoms with Crippen molar-refractivity contribution in [3.05, 3.63) is 0 Å². The maximum Gasteiger partial charge on any atom is 0.245 e. The van der Waals surface area contributed by atoms with Gasteiger partial charge in [0.05, 0.1) is 0 Å². The minimum absolute atomic E-state index is 0.0241. The van der Waals surface area contributed by atoms with Crippen LogP contribution < -0.4 is 10.2 Å². The number of aromatic nitrogens is 4. The molecule has 1 N–H and O–H groups in total. The fraction of sp³-hybridized carbons (Fsp3) is 0.812. The highest BCUT2D eigenvalue weighted by Crippen LogP contribution is 2.21. The zero-order valence-corrected chi connectivity index (χ0v) is 15.2. The highest BCUT2D eigenvalue weighted by molar-refractivity contribution is 5.89. The maximum atomic E-state index is 12.8. The Morgan fingerprint density at radius 2 is 1.96 bits per heavy atom. The van der Waals surface area contributed by atoms with Gasteiger partial charge in [0.15, 0.2) is 0 Å². The number of anilines is 1. The first-order chi connectivity index (χ1) is 12.0. The van der Waals surface area contributed by atoms with Gasteiger partial charge >= 0.3 is 0 Å². The van der Waals surface area contributed by atoms with Gasteiger partial charge in [0, 0.05) is 39.1 Å². The highest BCUT2D eigenvalue weighted by atomic mass is 16.2. The summed E-state index contributed by atoms with van der Waals surface area (Å²) in [5, 5.41) is 14.7. The van der Waals surface area contributed by atoms with Gasteiger partial charge in [0.1, 0.15) is 6.04 Å². The van der Waals surface area contributed by atoms with Gasteiger partial charge in [-0.05, 0) is 35.6 Å². The molecule has 1 atom stereocenters. The molecular formula is C16H27N7O2. The molecule has 0 saturated carbocycles. The van der Waals surface area contributed by atoms with E-state index in [2.05, 4.69) is 25.7 Å². The van der Waals surface area contributed by atoms with Crippen molar-refractivity contribution in [1.29, 1.82) is 0 Å². The number of likely N-dealkylation sites (tertiary alicyclic amines) is 1. The molecule has 0 unspecified atom stereocenters. The summed E-state index contributed by atoms with van der Waals surface area (Å²) in [5.41, 5.74) is 0. The van der Waals surface area contributed by atoms with Crippen molar-refractivity contribution >= 4 is 17.8 Å². The molecule has 2 aliphatic heterocycles. The Balaban J connectivity index is 1.56. The summed E-state index contributed by atoms with van der Waals surface area (Å²) in [6.45, 7) is 6.29. The number of hydrogen-bond acceptors (Lipinski definition) is 6. The molecule has 2 saturated heterocycles. The number of carbonyl (C=O) groups is 2. The van der Waals surface area contributed by atoms with Crippen LogP contribution in [0.15, 0.2) is 0 Å². The van der Waals surface area contributed by atoms with E-state index in [9.17, 15) is 9.59 Å². The SMILES string of the molecule is CC(C)[C@@H](C(=O)NC1CCN(c2nnnn2C)CC1)N1CCCC1=O. The summed E-state index contributed by atoms with van der Waals surface area (Å²) in [7, 11) is 1.82. The van der Waals surface area contributed by atoms with Gasteiger partial charge in [-0.2, -0.15) is 0 Å². The maximum absolute atomic E-state index is 12.8. The zero-order chi connectivity index (χ0) is 18.0. The van der Waals surface area contributed by atoms with Crippen molar-refractivity contribution in [3.63, 3.8) is 0 Å². The van der Waals surface area contributed by atoms with Crippen LogP contribution in [0, 0.1) is 5.92 Å². The Kier molecular flexibility index (Phi) is 5.19. The molecule has 9 nitrogen and oxygen atoms in total. The van der Waals surface area contributed by atoms with Crippen LogP contribution in [-0.2, 0) is 16.6 Å². The van der Waals surface area contributed by atoms with E-state index >= 15 is 0 Å². The number of tetrazole rings is 1. The molecule has 0 aliphatic carbocycles. The number of carbonyl (C=O) groups excluding carboxylic acids is 2. The van der Waals surface area contributed by atoms with Gasteiger partial charge in [-0.3, -0.25) is 9.59 Å². The Labute approximate surface area is 147 Å². The third-order valence-corrected chi connectivity index (χ3v) is 5.07. The van der Waals surface area contributed by atoms with Crippen molar-refractivity contribution in [2.24, 2.45) is 13.0 Å². The van der Waals surface area contributed by atoms with Gasteiger partial charge in [-0.15, -0.1) is 0 Å². The average Bonchev–Trinajstić information content (AvgIpc) is 3.17.